The van der Waals surface area contributed by atoms with Crippen molar-refractivity contribution in [2.75, 3.05) is 6.54 Å². The monoisotopic (exact) mass is 559 g/mol. The molecule has 1 aromatic heterocycles. The highest BCUT2D eigenvalue weighted by molar-refractivity contribution is 5.94. The van der Waals surface area contributed by atoms with Crippen LogP contribution in [0, 0.1) is 0 Å². The van der Waals surface area contributed by atoms with E-state index in [1.807, 2.05) is 0 Å². The first-order valence-corrected chi connectivity index (χ1v) is 12.9. The summed E-state index contributed by atoms with van der Waals surface area (Å²) < 4.78 is 0. The van der Waals surface area contributed by atoms with Crippen LogP contribution in [0.5, 0.6) is 0 Å². The van der Waals surface area contributed by atoms with E-state index in [9.17, 15) is 29.1 Å². The molecule has 218 valence electrons. The first-order chi connectivity index (χ1) is 19.1. The maximum atomic E-state index is 13.2. The van der Waals surface area contributed by atoms with Gasteiger partial charge in [0.05, 0.1) is 12.4 Å². The third-order valence-electron chi connectivity index (χ3n) is 6.09. The van der Waals surface area contributed by atoms with Crippen molar-refractivity contribution in [3.63, 3.8) is 0 Å². The van der Waals surface area contributed by atoms with E-state index < -0.39 is 60.2 Å². The van der Waals surface area contributed by atoms with Crippen LogP contribution in [0.2, 0.25) is 0 Å². The summed E-state index contributed by atoms with van der Waals surface area (Å²) in [6, 6.07) is 3.91. The molecule has 0 spiro atoms. The van der Waals surface area contributed by atoms with Gasteiger partial charge in [0.1, 0.15) is 18.1 Å². The predicted molar refractivity (Wildman–Crippen MR) is 144 cm³/mol. The van der Waals surface area contributed by atoms with Gasteiger partial charge in [-0.05, 0) is 31.4 Å². The van der Waals surface area contributed by atoms with Crippen molar-refractivity contribution in [1.82, 2.24) is 25.9 Å². The third kappa shape index (κ3) is 11.2. The predicted octanol–water partition coefficient (Wildman–Crippen LogP) is -0.945. The molecule has 0 radical (unpaired) electrons. The molecule has 0 aliphatic rings. The highest BCUT2D eigenvalue weighted by Gasteiger charge is 2.31. The fourth-order valence-electron chi connectivity index (χ4n) is 3.88. The third-order valence-corrected chi connectivity index (χ3v) is 6.09. The number of imidazole rings is 1. The van der Waals surface area contributed by atoms with Gasteiger partial charge < -0.3 is 42.6 Å². The number of unbranched alkanes of at least 4 members (excludes halogenated alkanes) is 1. The minimum atomic E-state index is -1.30. The lowest BCUT2D eigenvalue weighted by Crippen LogP contribution is -2.58. The number of hydrogen-bond donors (Lipinski definition) is 8. The smallest absolute Gasteiger partial charge is 0.326 e. The number of H-pyrrole nitrogens is 1. The fraction of sp³-hybridized carbons (Fsp3) is 0.462. The number of benzene rings is 1. The molecule has 4 atom stereocenters. The number of amides is 3. The van der Waals surface area contributed by atoms with Gasteiger partial charge in [-0.15, -0.1) is 0 Å². The number of carbonyl (C=O) groups is 5. The lowest BCUT2D eigenvalue weighted by molar-refractivity contribution is -0.142. The Morgan fingerprint density at radius 3 is 2.10 bits per heavy atom. The van der Waals surface area contributed by atoms with Crippen LogP contribution < -0.4 is 27.4 Å². The van der Waals surface area contributed by atoms with Gasteiger partial charge >= 0.3 is 11.9 Å². The van der Waals surface area contributed by atoms with Crippen LogP contribution in [0.4, 0.5) is 0 Å². The van der Waals surface area contributed by atoms with Crippen molar-refractivity contribution in [2.45, 2.75) is 69.1 Å². The molecule has 0 saturated carbocycles. The van der Waals surface area contributed by atoms with Gasteiger partial charge in [0.2, 0.25) is 17.7 Å². The van der Waals surface area contributed by atoms with Gasteiger partial charge in [-0.1, -0.05) is 36.8 Å². The fourth-order valence-corrected chi connectivity index (χ4v) is 3.88. The summed E-state index contributed by atoms with van der Waals surface area (Å²) in [6.45, 7) is 0.436. The number of nitrogens with zero attached hydrogens (tertiary/aromatic N) is 1. The van der Waals surface area contributed by atoms with Gasteiger partial charge in [0.25, 0.3) is 0 Å². The molecule has 0 aliphatic carbocycles. The van der Waals surface area contributed by atoms with E-state index in [2.05, 4.69) is 25.9 Å². The second kappa shape index (κ2) is 16.6. The molecule has 40 heavy (non-hydrogen) atoms. The number of hydrogen-bond acceptors (Lipinski definition) is 8. The molecule has 4 unspecified atom stereocenters. The number of aliphatic carboxylic acids is 2. The highest BCUT2D eigenvalue weighted by Crippen LogP contribution is 2.08. The number of carboxylic acids is 2. The quantitative estimate of drug-likeness (QED) is 0.104. The van der Waals surface area contributed by atoms with Crippen molar-refractivity contribution in [1.29, 1.82) is 0 Å². The molecule has 0 aliphatic heterocycles. The number of carboxylic acid groups (broad SMARTS) is 2. The summed E-state index contributed by atoms with van der Waals surface area (Å²) in [4.78, 5) is 68.9. The molecule has 2 rings (SSSR count). The van der Waals surface area contributed by atoms with Crippen molar-refractivity contribution < 1.29 is 34.2 Å². The molecule has 1 heterocycles. The van der Waals surface area contributed by atoms with E-state index in [4.69, 9.17) is 16.6 Å². The summed E-state index contributed by atoms with van der Waals surface area (Å²) in [5.74, 6) is -4.70. The Morgan fingerprint density at radius 1 is 0.850 bits per heavy atom. The molecule has 14 heteroatoms. The van der Waals surface area contributed by atoms with E-state index >= 15 is 0 Å². The second-order valence-electron chi connectivity index (χ2n) is 9.32. The Balaban J connectivity index is 2.19. The van der Waals surface area contributed by atoms with Crippen LogP contribution in [-0.4, -0.2) is 80.6 Å². The van der Waals surface area contributed by atoms with E-state index in [0.29, 0.717) is 37.1 Å². The number of nitrogens with one attached hydrogen (secondary N) is 4. The maximum absolute atomic E-state index is 13.2. The van der Waals surface area contributed by atoms with Crippen LogP contribution in [0.25, 0.3) is 0 Å². The summed E-state index contributed by atoms with van der Waals surface area (Å²) >= 11 is 0. The second-order valence-corrected chi connectivity index (χ2v) is 9.32. The molecule has 3 amide bonds. The zero-order valence-corrected chi connectivity index (χ0v) is 22.0. The molecule has 10 N–H and O–H groups in total. The van der Waals surface area contributed by atoms with Gasteiger partial charge in [-0.2, -0.15) is 0 Å². The first kappa shape index (κ1) is 31.9. The van der Waals surface area contributed by atoms with E-state index in [-0.39, 0.29) is 19.3 Å². The molecule has 14 nitrogen and oxygen atoms in total. The molecule has 1 aromatic carbocycles. The Bertz CT molecular complexity index is 1110. The standard InChI is InChI=1S/C26H37N7O7/c27-11-5-4-8-18(28)23(36)31-19(9-10-22(34)35)24(37)32-20(13-17-14-29-15-30-17)25(38)33-21(26(39)40)12-16-6-2-1-3-7-16/h1-3,6-7,14-15,18-21H,4-5,8-13,27-28H2,(H,29,30)(H,31,36)(H,32,37)(H,33,38)(H,34,35)(H,39,40). The summed E-state index contributed by atoms with van der Waals surface area (Å²) in [5, 5.41) is 26.3. The zero-order chi connectivity index (χ0) is 29.5. The summed E-state index contributed by atoms with van der Waals surface area (Å²) in [7, 11) is 0. The molecule has 0 bridgehead atoms. The van der Waals surface area contributed by atoms with Crippen molar-refractivity contribution in [2.24, 2.45) is 11.5 Å². The maximum Gasteiger partial charge on any atom is 0.326 e. The number of nitrogens with two attached hydrogens (primary N) is 2. The Kier molecular flexibility index (Phi) is 13.3. The summed E-state index contributed by atoms with van der Waals surface area (Å²) in [5.41, 5.74) is 12.5. The number of carbonyl (C=O) groups excluding carboxylic acids is 3. The molecule has 0 saturated heterocycles. The Labute approximate surface area is 231 Å². The van der Waals surface area contributed by atoms with Crippen LogP contribution in [0.3, 0.4) is 0 Å². The highest BCUT2D eigenvalue weighted by atomic mass is 16.4. The van der Waals surface area contributed by atoms with Crippen LogP contribution in [-0.2, 0) is 36.8 Å². The van der Waals surface area contributed by atoms with Gasteiger partial charge in [-0.3, -0.25) is 19.2 Å². The van der Waals surface area contributed by atoms with E-state index in [0.717, 1.165) is 0 Å². The average Bonchev–Trinajstić information content (AvgIpc) is 3.43. The van der Waals surface area contributed by atoms with Crippen molar-refractivity contribution >= 4 is 29.7 Å². The number of aromatic amines is 1. The lowest BCUT2D eigenvalue weighted by atomic mass is 10.0. The van der Waals surface area contributed by atoms with Crippen LogP contribution in [0.1, 0.15) is 43.4 Å². The lowest BCUT2D eigenvalue weighted by Gasteiger charge is -2.25. The largest absolute Gasteiger partial charge is 0.481 e. The molecule has 0 fully saturated rings. The number of aromatic nitrogens is 2. The van der Waals surface area contributed by atoms with E-state index in [1.54, 1.807) is 30.3 Å². The zero-order valence-electron chi connectivity index (χ0n) is 22.0. The average molecular weight is 560 g/mol. The van der Waals surface area contributed by atoms with Gasteiger partial charge in [0, 0.05) is 31.2 Å². The minimum Gasteiger partial charge on any atom is -0.481 e. The van der Waals surface area contributed by atoms with Crippen LogP contribution >= 0.6 is 0 Å². The SMILES string of the molecule is NCCCCC(N)C(=O)NC(CCC(=O)O)C(=O)NC(Cc1cnc[nH]1)C(=O)NC(Cc1ccccc1)C(=O)O. The van der Waals surface area contributed by atoms with Gasteiger partial charge in [-0.25, -0.2) is 9.78 Å². The normalized spacial score (nSPS) is 13.8. The van der Waals surface area contributed by atoms with Crippen molar-refractivity contribution in [3.05, 3.63) is 54.1 Å². The van der Waals surface area contributed by atoms with Gasteiger partial charge in [0.15, 0.2) is 0 Å². The Morgan fingerprint density at radius 2 is 1.50 bits per heavy atom. The Hall–Kier alpha value is -4.30. The summed E-state index contributed by atoms with van der Waals surface area (Å²) in [6.07, 6.45) is 3.63. The molecular formula is C26H37N7O7. The first-order valence-electron chi connectivity index (χ1n) is 12.9. The molecule has 2 aromatic rings. The minimum absolute atomic E-state index is 0.00593. The van der Waals surface area contributed by atoms with Crippen LogP contribution in [0.15, 0.2) is 42.9 Å². The number of rotatable bonds is 18. The topological polar surface area (TPSA) is 243 Å². The van der Waals surface area contributed by atoms with Crippen molar-refractivity contribution in [3.8, 4) is 0 Å². The molecular weight excluding hydrogens is 522 g/mol. The van der Waals surface area contributed by atoms with E-state index in [1.165, 1.54) is 12.5 Å².